The monoisotopic (exact) mass is 124 g/mol. The minimum absolute atomic E-state index is 0.494. The van der Waals surface area contributed by atoms with E-state index < -0.39 is 0 Å². The maximum Gasteiger partial charge on any atom is 0.123 e. The zero-order chi connectivity index (χ0) is 6.69. The number of nitrogens with one attached hydrogen (secondary N) is 1. The Balaban J connectivity index is 2.88. The van der Waals surface area contributed by atoms with E-state index in [4.69, 9.17) is 11.6 Å². The molecule has 0 atom stereocenters. The Labute approximate surface area is 52.9 Å². The number of nitrogens with zero attached hydrogens (tertiary/aromatic N) is 1. The number of nitrogen functional groups attached to an aromatic ring is 2. The number of hydrogen-bond donors (Lipinski definition) is 3. The summed E-state index contributed by atoms with van der Waals surface area (Å²) in [5, 5.41) is 0. The van der Waals surface area contributed by atoms with Crippen molar-refractivity contribution in [3.63, 3.8) is 0 Å². The van der Waals surface area contributed by atoms with Gasteiger partial charge in [-0.3, -0.25) is 5.84 Å². The molecule has 1 aromatic heterocycles. The van der Waals surface area contributed by atoms with Gasteiger partial charge >= 0.3 is 0 Å². The normalized spacial score (nSPS) is 9.00. The Hall–Kier alpha value is -1.29. The van der Waals surface area contributed by atoms with Crippen LogP contribution in [-0.2, 0) is 0 Å². The molecule has 0 aliphatic rings. The van der Waals surface area contributed by atoms with E-state index in [1.54, 1.807) is 18.3 Å². The summed E-state index contributed by atoms with van der Waals surface area (Å²) < 4.78 is 0. The van der Waals surface area contributed by atoms with Crippen LogP contribution in [0.2, 0.25) is 0 Å². The van der Waals surface area contributed by atoms with Crippen molar-refractivity contribution in [1.82, 2.24) is 4.98 Å². The fourth-order valence-electron chi connectivity index (χ4n) is 0.491. The maximum absolute atomic E-state index is 5.30. The lowest BCUT2D eigenvalue weighted by atomic mass is 10.4. The van der Waals surface area contributed by atoms with E-state index in [9.17, 15) is 0 Å². The summed E-state index contributed by atoms with van der Waals surface area (Å²) >= 11 is 0. The molecule has 9 heavy (non-hydrogen) atoms. The molecule has 0 saturated carbocycles. The number of aromatic nitrogens is 1. The van der Waals surface area contributed by atoms with Crippen LogP contribution in [0.1, 0.15) is 0 Å². The van der Waals surface area contributed by atoms with Crippen LogP contribution >= 0.6 is 0 Å². The SMILES string of the molecule is NNc1ccc(N)nc1. The van der Waals surface area contributed by atoms with Gasteiger partial charge in [0.1, 0.15) is 5.82 Å². The smallest absolute Gasteiger partial charge is 0.123 e. The Morgan fingerprint density at radius 2 is 2.22 bits per heavy atom. The van der Waals surface area contributed by atoms with E-state index in [-0.39, 0.29) is 0 Å². The summed E-state index contributed by atoms with van der Waals surface area (Å²) in [6, 6.07) is 3.43. The first-order chi connectivity index (χ1) is 4.33. The molecule has 0 bridgehead atoms. The molecule has 0 spiro atoms. The predicted molar refractivity (Wildman–Crippen MR) is 36.5 cm³/mol. The van der Waals surface area contributed by atoms with Crippen LogP contribution < -0.4 is 17.0 Å². The molecule has 1 rings (SSSR count). The van der Waals surface area contributed by atoms with Gasteiger partial charge in [-0.25, -0.2) is 4.98 Å². The number of hydrogen-bond acceptors (Lipinski definition) is 4. The highest BCUT2D eigenvalue weighted by molar-refractivity contribution is 5.43. The van der Waals surface area contributed by atoms with Gasteiger partial charge in [-0.05, 0) is 12.1 Å². The first kappa shape index (κ1) is 5.84. The summed E-state index contributed by atoms with van der Waals surface area (Å²) in [4.78, 5) is 3.79. The lowest BCUT2D eigenvalue weighted by Gasteiger charge is -1.96. The fraction of sp³-hybridized carbons (Fsp3) is 0. The van der Waals surface area contributed by atoms with Gasteiger partial charge in [-0.15, -0.1) is 0 Å². The number of anilines is 2. The summed E-state index contributed by atoms with van der Waals surface area (Å²) in [6.45, 7) is 0. The van der Waals surface area contributed by atoms with Crippen molar-refractivity contribution in [2.45, 2.75) is 0 Å². The van der Waals surface area contributed by atoms with Crippen molar-refractivity contribution in [3.05, 3.63) is 18.3 Å². The van der Waals surface area contributed by atoms with Gasteiger partial charge in [0.25, 0.3) is 0 Å². The lowest BCUT2D eigenvalue weighted by molar-refractivity contribution is 1.28. The van der Waals surface area contributed by atoms with Crippen LogP contribution in [0, 0.1) is 0 Å². The molecule has 5 N–H and O–H groups in total. The number of hydrazine groups is 1. The van der Waals surface area contributed by atoms with Gasteiger partial charge in [0, 0.05) is 0 Å². The number of pyridine rings is 1. The number of nitrogens with two attached hydrogens (primary N) is 2. The molecule has 4 nitrogen and oxygen atoms in total. The van der Waals surface area contributed by atoms with Crippen molar-refractivity contribution in [1.29, 1.82) is 0 Å². The van der Waals surface area contributed by atoms with Gasteiger partial charge in [-0.2, -0.15) is 0 Å². The molecule has 1 aromatic rings. The average molecular weight is 124 g/mol. The van der Waals surface area contributed by atoms with Crippen molar-refractivity contribution >= 4 is 11.5 Å². The van der Waals surface area contributed by atoms with E-state index in [0.29, 0.717) is 5.82 Å². The van der Waals surface area contributed by atoms with Crippen LogP contribution in [0.3, 0.4) is 0 Å². The number of rotatable bonds is 1. The van der Waals surface area contributed by atoms with Crippen LogP contribution in [0.5, 0.6) is 0 Å². The molecule has 0 aromatic carbocycles. The topological polar surface area (TPSA) is 77.0 Å². The quantitative estimate of drug-likeness (QED) is 0.362. The van der Waals surface area contributed by atoms with Crippen LogP contribution in [0.4, 0.5) is 11.5 Å². The zero-order valence-corrected chi connectivity index (χ0v) is 4.83. The van der Waals surface area contributed by atoms with Gasteiger partial charge < -0.3 is 11.2 Å². The van der Waals surface area contributed by atoms with E-state index >= 15 is 0 Å². The van der Waals surface area contributed by atoms with Crippen molar-refractivity contribution in [2.75, 3.05) is 11.2 Å². The molecular formula is C5H8N4. The van der Waals surface area contributed by atoms with Gasteiger partial charge in [-0.1, -0.05) is 0 Å². The van der Waals surface area contributed by atoms with Crippen LogP contribution in [-0.4, -0.2) is 4.98 Å². The third-order valence-electron chi connectivity index (χ3n) is 0.953. The highest BCUT2D eigenvalue weighted by atomic mass is 15.2. The Morgan fingerprint density at radius 1 is 1.44 bits per heavy atom. The minimum atomic E-state index is 0.494. The molecule has 0 saturated heterocycles. The molecule has 0 radical (unpaired) electrons. The minimum Gasteiger partial charge on any atom is -0.384 e. The Morgan fingerprint density at radius 3 is 2.67 bits per heavy atom. The average Bonchev–Trinajstić information content (AvgIpc) is 1.90. The van der Waals surface area contributed by atoms with Crippen LogP contribution in [0.25, 0.3) is 0 Å². The first-order valence-electron chi connectivity index (χ1n) is 2.51. The highest BCUT2D eigenvalue weighted by Crippen LogP contribution is 2.03. The molecule has 0 unspecified atom stereocenters. The van der Waals surface area contributed by atoms with Crippen LogP contribution in [0.15, 0.2) is 18.3 Å². The Kier molecular flexibility index (Phi) is 1.51. The van der Waals surface area contributed by atoms with Crippen molar-refractivity contribution in [3.8, 4) is 0 Å². The lowest BCUT2D eigenvalue weighted by Crippen LogP contribution is -2.06. The molecule has 0 aliphatic carbocycles. The third-order valence-corrected chi connectivity index (χ3v) is 0.953. The van der Waals surface area contributed by atoms with Gasteiger partial charge in [0.2, 0.25) is 0 Å². The van der Waals surface area contributed by atoms with E-state index in [0.717, 1.165) is 5.69 Å². The standard InChI is InChI=1S/C5H8N4/c6-5-2-1-4(9-7)3-8-5/h1-3,9H,7H2,(H2,6,8). The third kappa shape index (κ3) is 1.30. The molecule has 0 aliphatic heterocycles. The second-order valence-corrected chi connectivity index (χ2v) is 1.62. The van der Waals surface area contributed by atoms with Gasteiger partial charge in [0.15, 0.2) is 0 Å². The fourth-order valence-corrected chi connectivity index (χ4v) is 0.491. The Bertz CT molecular complexity index is 181. The van der Waals surface area contributed by atoms with Crippen molar-refractivity contribution in [2.24, 2.45) is 5.84 Å². The van der Waals surface area contributed by atoms with Crippen molar-refractivity contribution < 1.29 is 0 Å². The van der Waals surface area contributed by atoms with E-state index in [1.807, 2.05) is 0 Å². The zero-order valence-electron chi connectivity index (χ0n) is 4.83. The van der Waals surface area contributed by atoms with E-state index in [2.05, 4.69) is 10.4 Å². The van der Waals surface area contributed by atoms with Gasteiger partial charge in [0.05, 0.1) is 11.9 Å². The summed E-state index contributed by atoms with van der Waals surface area (Å²) in [5.41, 5.74) is 8.49. The molecule has 0 amide bonds. The molecule has 4 heteroatoms. The molecule has 0 fully saturated rings. The highest BCUT2D eigenvalue weighted by Gasteiger charge is 1.85. The summed E-state index contributed by atoms with van der Waals surface area (Å²) in [7, 11) is 0. The summed E-state index contributed by atoms with van der Waals surface area (Å²) in [5.74, 6) is 5.56. The maximum atomic E-state index is 5.30. The second-order valence-electron chi connectivity index (χ2n) is 1.62. The molecular weight excluding hydrogens is 116 g/mol. The first-order valence-corrected chi connectivity index (χ1v) is 2.51. The van der Waals surface area contributed by atoms with E-state index in [1.165, 1.54) is 0 Å². The molecule has 1 heterocycles. The largest absolute Gasteiger partial charge is 0.384 e. The summed E-state index contributed by atoms with van der Waals surface area (Å²) in [6.07, 6.45) is 1.56. The second kappa shape index (κ2) is 2.32. The predicted octanol–water partition coefficient (Wildman–Crippen LogP) is -0.0506. The molecule has 48 valence electrons.